The molecule has 308 valence electrons. The first-order valence-electron chi connectivity index (χ1n) is 21.9. The summed E-state index contributed by atoms with van der Waals surface area (Å²) >= 11 is 0. The molecular formula is C49H57N5O5. The SMILES string of the molecule is O=C(NCc1cccc(-c2ccc([C@H]3O[C@@H](CN4CCC5(CC4)C(=O)NCN5c4ccccc4)C[C@@H](c4ccc(CO)cc4)O3)cc2)c1)NC12CC3CC(CC(C3)C1)C2. The molecule has 11 rings (SSSR count). The van der Waals surface area contributed by atoms with Crippen LogP contribution in [0.5, 0.6) is 0 Å². The highest BCUT2D eigenvalue weighted by molar-refractivity contribution is 5.93. The van der Waals surface area contributed by atoms with Gasteiger partial charge in [-0.25, -0.2) is 4.79 Å². The molecule has 7 fully saturated rings. The van der Waals surface area contributed by atoms with Gasteiger partial charge in [-0.3, -0.25) is 4.79 Å². The standard InChI is InChI=1S/C49H57N5O5/c55-31-33-9-11-39(12-10-33)44-25-43(30-53-19-17-49(18-20-53)46(56)51-32-54(49)42-7-2-1-3-8-42)58-45(59-44)40-15-13-38(14-16-40)41-6-4-5-34(24-41)29-50-47(57)52-48-26-35-21-36(27-48)23-37(22-35)28-48/h1-16,24,35-37,43-45,55H,17-23,25-32H2,(H,51,56)(H2,50,52,57)/t35?,36?,37?,43-,44+,45+,48?/m1/s1. The van der Waals surface area contributed by atoms with Gasteiger partial charge in [-0.1, -0.05) is 84.9 Å². The molecule has 4 aromatic rings. The van der Waals surface area contributed by atoms with Crippen LogP contribution in [0.15, 0.2) is 103 Å². The minimum absolute atomic E-state index is 0.000881. The Morgan fingerprint density at radius 3 is 2.15 bits per heavy atom. The minimum Gasteiger partial charge on any atom is -0.392 e. The van der Waals surface area contributed by atoms with Crippen LogP contribution >= 0.6 is 0 Å². The van der Waals surface area contributed by atoms with Crippen molar-refractivity contribution in [3.05, 3.63) is 125 Å². The third kappa shape index (κ3) is 7.88. The Morgan fingerprint density at radius 1 is 0.763 bits per heavy atom. The number of urea groups is 1. The van der Waals surface area contributed by atoms with E-state index in [1.54, 1.807) is 0 Å². The molecule has 0 aromatic heterocycles. The van der Waals surface area contributed by atoms with Gasteiger partial charge < -0.3 is 40.3 Å². The molecule has 0 radical (unpaired) electrons. The number of ether oxygens (including phenoxy) is 2. The maximum atomic E-state index is 13.3. The molecule has 4 bridgehead atoms. The zero-order valence-electron chi connectivity index (χ0n) is 33.9. The van der Waals surface area contributed by atoms with Crippen molar-refractivity contribution in [2.45, 2.75) is 101 Å². The first-order chi connectivity index (χ1) is 28.8. The van der Waals surface area contributed by atoms with E-state index in [0.29, 0.717) is 19.6 Å². The molecule has 4 saturated carbocycles. The van der Waals surface area contributed by atoms with Crippen LogP contribution < -0.4 is 20.9 Å². The van der Waals surface area contributed by atoms with Crippen molar-refractivity contribution in [2.75, 3.05) is 31.2 Å². The van der Waals surface area contributed by atoms with E-state index in [-0.39, 0.29) is 36.3 Å². The molecule has 3 aliphatic heterocycles. The molecule has 3 atom stereocenters. The third-order valence-electron chi connectivity index (χ3n) is 14.5. The van der Waals surface area contributed by atoms with E-state index < -0.39 is 11.8 Å². The number of rotatable bonds is 10. The lowest BCUT2D eigenvalue weighted by atomic mass is 9.53. The van der Waals surface area contributed by atoms with E-state index >= 15 is 0 Å². The summed E-state index contributed by atoms with van der Waals surface area (Å²) in [5.41, 5.74) is 6.66. The van der Waals surface area contributed by atoms with Crippen molar-refractivity contribution < 1.29 is 24.2 Å². The first-order valence-corrected chi connectivity index (χ1v) is 21.9. The van der Waals surface area contributed by atoms with Crippen LogP contribution in [0.3, 0.4) is 0 Å². The summed E-state index contributed by atoms with van der Waals surface area (Å²) in [4.78, 5) is 31.2. The van der Waals surface area contributed by atoms with Gasteiger partial charge in [0.2, 0.25) is 5.91 Å². The summed E-state index contributed by atoms with van der Waals surface area (Å²) in [6, 6.07) is 35.1. The topological polar surface area (TPSA) is 115 Å². The molecule has 4 aromatic carbocycles. The molecule has 10 heteroatoms. The number of aliphatic hydroxyl groups excluding tert-OH is 1. The fourth-order valence-corrected chi connectivity index (χ4v) is 11.9. The number of benzene rings is 4. The number of carbonyl (C=O) groups is 2. The number of nitrogens with zero attached hydrogens (tertiary/aromatic N) is 2. The van der Waals surface area contributed by atoms with E-state index in [9.17, 15) is 14.7 Å². The number of carbonyl (C=O) groups excluding carboxylic acids is 2. The molecule has 10 nitrogen and oxygen atoms in total. The molecule has 3 amide bonds. The monoisotopic (exact) mass is 795 g/mol. The average molecular weight is 796 g/mol. The number of hydrogen-bond acceptors (Lipinski definition) is 7. The number of anilines is 1. The van der Waals surface area contributed by atoms with Crippen LogP contribution in [0.4, 0.5) is 10.5 Å². The van der Waals surface area contributed by atoms with E-state index in [2.05, 4.69) is 98.5 Å². The van der Waals surface area contributed by atoms with Gasteiger partial charge in [0, 0.05) is 49.4 Å². The Hall–Kier alpha value is -4.74. The van der Waals surface area contributed by atoms with Gasteiger partial charge in [0.05, 0.1) is 25.5 Å². The largest absolute Gasteiger partial charge is 0.392 e. The molecule has 4 N–H and O–H groups in total. The lowest BCUT2D eigenvalue weighted by Gasteiger charge is -2.56. The van der Waals surface area contributed by atoms with Gasteiger partial charge in [-0.05, 0) is 115 Å². The Morgan fingerprint density at radius 2 is 1.46 bits per heavy atom. The van der Waals surface area contributed by atoms with Gasteiger partial charge in [-0.2, -0.15) is 0 Å². The average Bonchev–Trinajstić information content (AvgIpc) is 3.57. The van der Waals surface area contributed by atoms with Gasteiger partial charge in [0.1, 0.15) is 5.54 Å². The predicted octanol–water partition coefficient (Wildman–Crippen LogP) is 7.59. The summed E-state index contributed by atoms with van der Waals surface area (Å²) in [7, 11) is 0. The number of piperidine rings is 1. The van der Waals surface area contributed by atoms with Gasteiger partial charge in [0.25, 0.3) is 0 Å². The van der Waals surface area contributed by atoms with Crippen molar-refractivity contribution in [1.29, 1.82) is 0 Å². The number of hydrogen-bond donors (Lipinski definition) is 4. The van der Waals surface area contributed by atoms with Gasteiger partial charge in [0.15, 0.2) is 6.29 Å². The Bertz CT molecular complexity index is 2080. The number of likely N-dealkylation sites (tertiary alicyclic amines) is 1. The smallest absolute Gasteiger partial charge is 0.315 e. The van der Waals surface area contributed by atoms with Crippen LogP contribution in [0.2, 0.25) is 0 Å². The fraction of sp³-hybridized carbons (Fsp3) is 0.469. The predicted molar refractivity (Wildman–Crippen MR) is 227 cm³/mol. The third-order valence-corrected chi connectivity index (χ3v) is 14.5. The summed E-state index contributed by atoms with van der Waals surface area (Å²) < 4.78 is 13.5. The zero-order valence-corrected chi connectivity index (χ0v) is 33.9. The quantitative estimate of drug-likeness (QED) is 0.131. The Kier molecular flexibility index (Phi) is 10.4. The lowest BCUT2D eigenvalue weighted by Crippen LogP contribution is -2.61. The van der Waals surface area contributed by atoms with Crippen molar-refractivity contribution in [3.8, 4) is 11.1 Å². The van der Waals surface area contributed by atoms with Crippen LogP contribution in [-0.2, 0) is 27.4 Å². The molecule has 4 aliphatic carbocycles. The fourth-order valence-electron chi connectivity index (χ4n) is 11.9. The Labute approximate surface area is 347 Å². The summed E-state index contributed by atoms with van der Waals surface area (Å²) in [5, 5.41) is 19.4. The van der Waals surface area contributed by atoms with Crippen molar-refractivity contribution >= 4 is 17.6 Å². The molecule has 59 heavy (non-hydrogen) atoms. The Balaban J connectivity index is 0.798. The lowest BCUT2D eigenvalue weighted by molar-refractivity contribution is -0.253. The maximum absolute atomic E-state index is 13.3. The van der Waals surface area contributed by atoms with E-state index in [1.165, 1.54) is 19.3 Å². The number of amides is 3. The molecule has 7 aliphatic rings. The summed E-state index contributed by atoms with van der Waals surface area (Å²) in [5.74, 6) is 2.49. The van der Waals surface area contributed by atoms with Crippen molar-refractivity contribution in [3.63, 3.8) is 0 Å². The van der Waals surface area contributed by atoms with Crippen LogP contribution in [0.25, 0.3) is 11.1 Å². The van der Waals surface area contributed by atoms with Crippen molar-refractivity contribution in [1.82, 2.24) is 20.9 Å². The van der Waals surface area contributed by atoms with Crippen LogP contribution in [0.1, 0.15) is 92.4 Å². The van der Waals surface area contributed by atoms with E-state index in [1.807, 2.05) is 30.3 Å². The highest BCUT2D eigenvalue weighted by Gasteiger charge is 2.52. The van der Waals surface area contributed by atoms with Crippen LogP contribution in [-0.4, -0.2) is 65.4 Å². The second-order valence-corrected chi connectivity index (χ2v) is 18.4. The number of aliphatic hydroxyl groups is 1. The molecule has 3 saturated heterocycles. The van der Waals surface area contributed by atoms with E-state index in [4.69, 9.17) is 9.47 Å². The van der Waals surface area contributed by atoms with Crippen LogP contribution in [0, 0.1) is 17.8 Å². The second-order valence-electron chi connectivity index (χ2n) is 18.4. The molecule has 1 spiro atoms. The minimum atomic E-state index is -0.557. The van der Waals surface area contributed by atoms with E-state index in [0.717, 1.165) is 109 Å². The molecular weight excluding hydrogens is 739 g/mol. The number of para-hydroxylation sites is 1. The van der Waals surface area contributed by atoms with Crippen molar-refractivity contribution in [2.24, 2.45) is 17.8 Å². The van der Waals surface area contributed by atoms with Gasteiger partial charge >= 0.3 is 6.03 Å². The summed E-state index contributed by atoms with van der Waals surface area (Å²) in [6.07, 6.45) is 8.88. The van der Waals surface area contributed by atoms with Gasteiger partial charge in [-0.15, -0.1) is 0 Å². The highest BCUT2D eigenvalue weighted by Crippen LogP contribution is 2.55. The number of nitrogens with one attached hydrogen (secondary N) is 3. The highest BCUT2D eigenvalue weighted by atomic mass is 16.7. The maximum Gasteiger partial charge on any atom is 0.315 e. The zero-order chi connectivity index (χ0) is 40.0. The molecule has 3 heterocycles. The summed E-state index contributed by atoms with van der Waals surface area (Å²) in [6.45, 7) is 3.35. The second kappa shape index (κ2) is 16.0. The first kappa shape index (κ1) is 38.5. The molecule has 0 unspecified atom stereocenters. The normalized spacial score (nSPS) is 29.7.